The minimum Gasteiger partial charge on any atom is -0.455 e. The average Bonchev–Trinajstić information content (AvgIpc) is 3.69. The van der Waals surface area contributed by atoms with Gasteiger partial charge >= 0.3 is 0 Å². The molecule has 1 heterocycles. The van der Waals surface area contributed by atoms with Crippen molar-refractivity contribution in [2.24, 2.45) is 0 Å². The Hall–Kier alpha value is -7.68. The van der Waals surface area contributed by atoms with Gasteiger partial charge in [0.1, 0.15) is 11.2 Å². The highest BCUT2D eigenvalue weighted by Crippen LogP contribution is 2.45. The lowest BCUT2D eigenvalue weighted by atomic mass is 9.94. The first kappa shape index (κ1) is 33.6. The first-order valence-corrected chi connectivity index (χ1v) is 19.8. The van der Waals surface area contributed by atoms with Gasteiger partial charge in [0.15, 0.2) is 0 Å². The van der Waals surface area contributed by atoms with Crippen molar-refractivity contribution in [3.05, 3.63) is 224 Å². The first-order valence-electron chi connectivity index (χ1n) is 19.8. The first-order chi connectivity index (χ1) is 28.7. The maximum Gasteiger partial charge on any atom is 0.143 e. The Balaban J connectivity index is 1.03. The normalized spacial score (nSPS) is 11.4. The van der Waals surface area contributed by atoms with Crippen molar-refractivity contribution in [3.63, 3.8) is 0 Å². The molecule has 0 unspecified atom stereocenters. The summed E-state index contributed by atoms with van der Waals surface area (Å²) in [4.78, 5) is 2.39. The maximum atomic E-state index is 6.51. The van der Waals surface area contributed by atoms with E-state index in [1.807, 2.05) is 12.1 Å². The van der Waals surface area contributed by atoms with Gasteiger partial charge in [-0.1, -0.05) is 170 Å². The number of furan rings is 1. The third-order valence-electron chi connectivity index (χ3n) is 11.5. The van der Waals surface area contributed by atoms with Gasteiger partial charge in [-0.05, 0) is 110 Å². The molecule has 272 valence electrons. The van der Waals surface area contributed by atoms with E-state index in [4.69, 9.17) is 4.42 Å². The van der Waals surface area contributed by atoms with Gasteiger partial charge < -0.3 is 9.32 Å². The van der Waals surface area contributed by atoms with Crippen LogP contribution < -0.4 is 4.90 Å². The van der Waals surface area contributed by atoms with E-state index in [9.17, 15) is 0 Å². The third-order valence-corrected chi connectivity index (χ3v) is 11.5. The Morgan fingerprint density at radius 1 is 0.293 bits per heavy atom. The molecule has 0 saturated heterocycles. The zero-order chi connectivity index (χ0) is 38.4. The SMILES string of the molecule is c1ccc(-c2ccc(N(c3ccc(-c4cccc(-c5ccc6ccccc6c5)c4)cc3)c3ccccc3-c3cccc4c3ccc3c5ccccc5oc43)cc2)cc1. The predicted molar refractivity (Wildman–Crippen MR) is 245 cm³/mol. The second-order valence-electron chi connectivity index (χ2n) is 14.9. The summed E-state index contributed by atoms with van der Waals surface area (Å²) in [5.74, 6) is 0. The quantitative estimate of drug-likeness (QED) is 0.162. The van der Waals surface area contributed by atoms with Crippen molar-refractivity contribution in [2.45, 2.75) is 0 Å². The average molecular weight is 740 g/mol. The second kappa shape index (κ2) is 14.1. The fourth-order valence-electron chi connectivity index (χ4n) is 8.58. The molecule has 2 heteroatoms. The zero-order valence-electron chi connectivity index (χ0n) is 31.7. The number of para-hydroxylation sites is 2. The van der Waals surface area contributed by atoms with Crippen LogP contribution in [-0.2, 0) is 0 Å². The Labute approximate surface area is 337 Å². The summed E-state index contributed by atoms with van der Waals surface area (Å²) in [5, 5.41) is 7.04. The molecule has 0 atom stereocenters. The Kier molecular flexibility index (Phi) is 8.19. The molecular weight excluding hydrogens is 703 g/mol. The van der Waals surface area contributed by atoms with Crippen LogP contribution in [0.25, 0.3) is 88.0 Å². The highest BCUT2D eigenvalue weighted by atomic mass is 16.3. The molecule has 11 rings (SSSR count). The molecule has 10 aromatic carbocycles. The number of hydrogen-bond acceptors (Lipinski definition) is 2. The molecule has 0 bridgehead atoms. The van der Waals surface area contributed by atoms with Gasteiger partial charge in [-0.15, -0.1) is 0 Å². The monoisotopic (exact) mass is 739 g/mol. The van der Waals surface area contributed by atoms with E-state index in [0.29, 0.717) is 0 Å². The molecule has 58 heavy (non-hydrogen) atoms. The van der Waals surface area contributed by atoms with E-state index in [1.165, 1.54) is 44.2 Å². The molecule has 0 aliphatic heterocycles. The standard InChI is InChI=1S/C56H37NO/c1-2-12-38(13-3-1)40-26-30-46(31-27-40)57(47-32-28-41(29-33-47)43-16-10-17-44(36-43)45-25-24-39-14-4-5-15-42(39)37-45)54-22-8-6-18-50(54)48-20-11-21-52-49(48)34-35-53-51-19-7-9-23-55(51)58-56(52)53/h1-37H. The van der Waals surface area contributed by atoms with Crippen molar-refractivity contribution in [1.29, 1.82) is 0 Å². The summed E-state index contributed by atoms with van der Waals surface area (Å²) >= 11 is 0. The van der Waals surface area contributed by atoms with Crippen LogP contribution in [0.15, 0.2) is 229 Å². The van der Waals surface area contributed by atoms with Gasteiger partial charge in [-0.3, -0.25) is 0 Å². The molecular formula is C56H37NO. The number of fused-ring (bicyclic) bond motifs is 6. The number of benzene rings is 10. The van der Waals surface area contributed by atoms with E-state index < -0.39 is 0 Å². The van der Waals surface area contributed by atoms with E-state index in [-0.39, 0.29) is 0 Å². The van der Waals surface area contributed by atoms with Gasteiger partial charge in [-0.25, -0.2) is 0 Å². The van der Waals surface area contributed by atoms with Crippen molar-refractivity contribution >= 4 is 60.5 Å². The fourth-order valence-corrected chi connectivity index (χ4v) is 8.58. The molecule has 1 aromatic heterocycles. The summed E-state index contributed by atoms with van der Waals surface area (Å²) in [5.41, 5.74) is 14.5. The van der Waals surface area contributed by atoms with Crippen LogP contribution >= 0.6 is 0 Å². The van der Waals surface area contributed by atoms with Crippen molar-refractivity contribution in [2.75, 3.05) is 4.90 Å². The number of nitrogens with zero attached hydrogens (tertiary/aromatic N) is 1. The van der Waals surface area contributed by atoms with Gasteiger partial charge in [0.2, 0.25) is 0 Å². The minimum absolute atomic E-state index is 0.907. The van der Waals surface area contributed by atoms with Crippen LogP contribution in [0, 0.1) is 0 Å². The summed E-state index contributed by atoms with van der Waals surface area (Å²) in [7, 11) is 0. The van der Waals surface area contributed by atoms with Crippen LogP contribution in [0.2, 0.25) is 0 Å². The molecule has 2 nitrogen and oxygen atoms in total. The minimum atomic E-state index is 0.907. The van der Waals surface area contributed by atoms with Crippen molar-refractivity contribution < 1.29 is 4.42 Å². The topological polar surface area (TPSA) is 16.4 Å². The number of hydrogen-bond donors (Lipinski definition) is 0. The van der Waals surface area contributed by atoms with Gasteiger partial charge in [0.25, 0.3) is 0 Å². The highest BCUT2D eigenvalue weighted by Gasteiger charge is 2.20. The van der Waals surface area contributed by atoms with E-state index in [0.717, 1.165) is 60.9 Å². The lowest BCUT2D eigenvalue weighted by Gasteiger charge is -2.28. The molecule has 0 fully saturated rings. The molecule has 11 aromatic rings. The second-order valence-corrected chi connectivity index (χ2v) is 14.9. The molecule has 0 aliphatic rings. The van der Waals surface area contributed by atoms with Crippen LogP contribution in [0.1, 0.15) is 0 Å². The van der Waals surface area contributed by atoms with Gasteiger partial charge in [-0.2, -0.15) is 0 Å². The molecule has 0 saturated carbocycles. The van der Waals surface area contributed by atoms with Gasteiger partial charge in [0.05, 0.1) is 5.69 Å². The predicted octanol–water partition coefficient (Wildman–Crippen LogP) is 16.0. The summed E-state index contributed by atoms with van der Waals surface area (Å²) in [6.07, 6.45) is 0. The molecule has 0 spiro atoms. The number of anilines is 3. The Bertz CT molecular complexity index is 3270. The van der Waals surface area contributed by atoms with Crippen LogP contribution in [0.5, 0.6) is 0 Å². The summed E-state index contributed by atoms with van der Waals surface area (Å²) in [6, 6.07) is 80.7. The molecule has 0 amide bonds. The van der Waals surface area contributed by atoms with Crippen LogP contribution in [-0.4, -0.2) is 0 Å². The van der Waals surface area contributed by atoms with Crippen LogP contribution in [0.4, 0.5) is 17.1 Å². The lowest BCUT2D eigenvalue weighted by molar-refractivity contribution is 0.672. The Morgan fingerprint density at radius 2 is 0.810 bits per heavy atom. The highest BCUT2D eigenvalue weighted by molar-refractivity contribution is 6.18. The molecule has 0 radical (unpaired) electrons. The smallest absolute Gasteiger partial charge is 0.143 e. The maximum absolute atomic E-state index is 6.51. The third kappa shape index (κ3) is 5.91. The van der Waals surface area contributed by atoms with Crippen LogP contribution in [0.3, 0.4) is 0 Å². The zero-order valence-corrected chi connectivity index (χ0v) is 31.7. The van der Waals surface area contributed by atoms with E-state index in [2.05, 4.69) is 217 Å². The van der Waals surface area contributed by atoms with Crippen molar-refractivity contribution in [3.8, 4) is 44.5 Å². The largest absolute Gasteiger partial charge is 0.455 e. The lowest BCUT2D eigenvalue weighted by Crippen LogP contribution is -2.11. The molecule has 0 aliphatic carbocycles. The van der Waals surface area contributed by atoms with Gasteiger partial charge in [0, 0.05) is 33.1 Å². The van der Waals surface area contributed by atoms with Crippen molar-refractivity contribution in [1.82, 2.24) is 0 Å². The molecule has 0 N–H and O–H groups in total. The van der Waals surface area contributed by atoms with E-state index >= 15 is 0 Å². The fraction of sp³-hybridized carbons (Fsp3) is 0. The number of rotatable bonds is 7. The Morgan fingerprint density at radius 3 is 1.62 bits per heavy atom. The van der Waals surface area contributed by atoms with E-state index in [1.54, 1.807) is 0 Å². The summed E-state index contributed by atoms with van der Waals surface area (Å²) in [6.45, 7) is 0. The summed E-state index contributed by atoms with van der Waals surface area (Å²) < 4.78 is 6.51.